The van der Waals surface area contributed by atoms with Crippen LogP contribution in [0.2, 0.25) is 0 Å². The number of rotatable bonds is 5. The molecule has 3 rings (SSSR count). The second-order valence-electron chi connectivity index (χ2n) is 6.23. The molecule has 0 amide bonds. The molecule has 2 aliphatic heterocycles. The van der Waals surface area contributed by atoms with Gasteiger partial charge in [-0.05, 0) is 49.9 Å². The van der Waals surface area contributed by atoms with Gasteiger partial charge in [0.2, 0.25) is 0 Å². The van der Waals surface area contributed by atoms with Crippen LogP contribution in [0.1, 0.15) is 31.2 Å². The van der Waals surface area contributed by atoms with Gasteiger partial charge in [-0.3, -0.25) is 4.90 Å². The number of nitrogens with two attached hydrogens (primary N) is 1. The summed E-state index contributed by atoms with van der Waals surface area (Å²) < 4.78 is 11.4. The van der Waals surface area contributed by atoms with Gasteiger partial charge in [0.25, 0.3) is 0 Å². The molecule has 2 unspecified atom stereocenters. The number of halogens is 1. The number of ether oxygens (including phenoxy) is 2. The van der Waals surface area contributed by atoms with E-state index in [4.69, 9.17) is 15.2 Å². The Kier molecular flexibility index (Phi) is 6.96. The van der Waals surface area contributed by atoms with Crippen LogP contribution in [0.25, 0.3) is 0 Å². The van der Waals surface area contributed by atoms with Crippen molar-refractivity contribution in [2.24, 2.45) is 5.73 Å². The van der Waals surface area contributed by atoms with E-state index in [0.717, 1.165) is 51.3 Å². The normalized spacial score (nSPS) is 25.7. The van der Waals surface area contributed by atoms with Crippen molar-refractivity contribution in [1.29, 1.82) is 0 Å². The number of benzene rings is 1. The number of hydrogen-bond donors (Lipinski definition) is 1. The summed E-state index contributed by atoms with van der Waals surface area (Å²) in [6, 6.07) is 8.78. The maximum absolute atomic E-state index is 6.03. The van der Waals surface area contributed by atoms with Crippen molar-refractivity contribution in [2.75, 3.05) is 26.3 Å². The van der Waals surface area contributed by atoms with Gasteiger partial charge in [-0.25, -0.2) is 0 Å². The smallest absolute Gasteiger partial charge is 0.119 e. The van der Waals surface area contributed by atoms with Gasteiger partial charge in [0, 0.05) is 25.7 Å². The van der Waals surface area contributed by atoms with E-state index in [2.05, 4.69) is 29.2 Å². The largest absolute Gasteiger partial charge is 0.491 e. The summed E-state index contributed by atoms with van der Waals surface area (Å²) in [6.45, 7) is 4.70. The lowest BCUT2D eigenvalue weighted by Crippen LogP contribution is -2.42. The van der Waals surface area contributed by atoms with Crippen LogP contribution in [-0.2, 0) is 11.3 Å². The zero-order chi connectivity index (χ0) is 14.5. The highest BCUT2D eigenvalue weighted by atomic mass is 35.5. The molecule has 0 aliphatic carbocycles. The van der Waals surface area contributed by atoms with Crippen molar-refractivity contribution >= 4 is 12.4 Å². The van der Waals surface area contributed by atoms with Crippen LogP contribution in [0.3, 0.4) is 0 Å². The molecule has 2 aliphatic rings. The summed E-state index contributed by atoms with van der Waals surface area (Å²) in [7, 11) is 0. The molecule has 0 saturated carbocycles. The van der Waals surface area contributed by atoms with Crippen molar-refractivity contribution < 1.29 is 9.47 Å². The van der Waals surface area contributed by atoms with Crippen LogP contribution in [-0.4, -0.2) is 43.3 Å². The second-order valence-corrected chi connectivity index (χ2v) is 6.23. The predicted octanol–water partition coefficient (Wildman–Crippen LogP) is 2.59. The Morgan fingerprint density at radius 3 is 2.68 bits per heavy atom. The Morgan fingerprint density at radius 1 is 1.18 bits per heavy atom. The van der Waals surface area contributed by atoms with E-state index in [1.807, 2.05) is 0 Å². The van der Waals surface area contributed by atoms with Crippen molar-refractivity contribution in [3.05, 3.63) is 29.8 Å². The van der Waals surface area contributed by atoms with Gasteiger partial charge >= 0.3 is 0 Å². The number of piperidine rings is 1. The van der Waals surface area contributed by atoms with E-state index < -0.39 is 0 Å². The standard InChI is InChI=1S/C17H26N2O2.ClH/c18-15-3-1-9-19(12-15)11-14-5-7-16(8-6-14)21-13-17-4-2-10-20-17;/h5-8,15,17H,1-4,9-13,18H2;1H. The quantitative estimate of drug-likeness (QED) is 0.903. The van der Waals surface area contributed by atoms with Gasteiger partial charge in [0.1, 0.15) is 12.4 Å². The third-order valence-corrected chi connectivity index (χ3v) is 4.33. The first kappa shape index (κ1) is 17.5. The summed E-state index contributed by atoms with van der Waals surface area (Å²) in [4.78, 5) is 2.44. The summed E-state index contributed by atoms with van der Waals surface area (Å²) in [5, 5.41) is 0. The van der Waals surface area contributed by atoms with Crippen molar-refractivity contribution in [2.45, 2.75) is 44.4 Å². The molecule has 2 fully saturated rings. The lowest BCUT2D eigenvalue weighted by Gasteiger charge is -2.30. The van der Waals surface area contributed by atoms with Crippen molar-refractivity contribution in [1.82, 2.24) is 4.90 Å². The van der Waals surface area contributed by atoms with Gasteiger partial charge in [-0.2, -0.15) is 0 Å². The molecule has 22 heavy (non-hydrogen) atoms. The molecule has 0 aromatic heterocycles. The first-order valence-corrected chi connectivity index (χ1v) is 8.11. The molecular formula is C17H27ClN2O2. The Hall–Kier alpha value is -0.810. The molecule has 2 heterocycles. The van der Waals surface area contributed by atoms with E-state index in [1.54, 1.807) is 0 Å². The average molecular weight is 327 g/mol. The first-order chi connectivity index (χ1) is 10.3. The van der Waals surface area contributed by atoms with E-state index in [0.29, 0.717) is 12.6 Å². The molecule has 0 radical (unpaired) electrons. The van der Waals surface area contributed by atoms with Crippen LogP contribution in [0.15, 0.2) is 24.3 Å². The summed E-state index contributed by atoms with van der Waals surface area (Å²) in [6.07, 6.45) is 4.92. The summed E-state index contributed by atoms with van der Waals surface area (Å²) in [5.74, 6) is 0.935. The molecular weight excluding hydrogens is 300 g/mol. The molecule has 5 heteroatoms. The molecule has 2 saturated heterocycles. The van der Waals surface area contributed by atoms with Crippen LogP contribution in [0.5, 0.6) is 5.75 Å². The third-order valence-electron chi connectivity index (χ3n) is 4.33. The monoisotopic (exact) mass is 326 g/mol. The number of likely N-dealkylation sites (tertiary alicyclic amines) is 1. The molecule has 2 N–H and O–H groups in total. The maximum Gasteiger partial charge on any atom is 0.119 e. The van der Waals surface area contributed by atoms with Crippen LogP contribution >= 0.6 is 12.4 Å². The Balaban J connectivity index is 0.00000176. The SMILES string of the molecule is Cl.NC1CCCN(Cc2ccc(OCC3CCCO3)cc2)C1. The fourth-order valence-corrected chi connectivity index (χ4v) is 3.15. The van der Waals surface area contributed by atoms with Gasteiger partial charge in [-0.1, -0.05) is 12.1 Å². The lowest BCUT2D eigenvalue weighted by atomic mass is 10.1. The predicted molar refractivity (Wildman–Crippen MR) is 90.6 cm³/mol. The minimum Gasteiger partial charge on any atom is -0.491 e. The number of hydrogen-bond acceptors (Lipinski definition) is 4. The highest BCUT2D eigenvalue weighted by molar-refractivity contribution is 5.85. The van der Waals surface area contributed by atoms with E-state index in [-0.39, 0.29) is 18.5 Å². The van der Waals surface area contributed by atoms with E-state index in [1.165, 1.54) is 12.0 Å². The topological polar surface area (TPSA) is 47.7 Å². The van der Waals surface area contributed by atoms with Gasteiger partial charge in [0.15, 0.2) is 0 Å². The molecule has 4 nitrogen and oxygen atoms in total. The fourth-order valence-electron chi connectivity index (χ4n) is 3.15. The molecule has 2 atom stereocenters. The highest BCUT2D eigenvalue weighted by Crippen LogP contribution is 2.18. The number of nitrogens with zero attached hydrogens (tertiary/aromatic N) is 1. The van der Waals surface area contributed by atoms with E-state index in [9.17, 15) is 0 Å². The first-order valence-electron chi connectivity index (χ1n) is 8.11. The van der Waals surface area contributed by atoms with E-state index >= 15 is 0 Å². The van der Waals surface area contributed by atoms with Crippen molar-refractivity contribution in [3.63, 3.8) is 0 Å². The summed E-state index contributed by atoms with van der Waals surface area (Å²) in [5.41, 5.74) is 7.36. The van der Waals surface area contributed by atoms with Gasteiger partial charge < -0.3 is 15.2 Å². The molecule has 0 bridgehead atoms. The highest BCUT2D eigenvalue weighted by Gasteiger charge is 2.17. The fraction of sp³-hybridized carbons (Fsp3) is 0.647. The van der Waals surface area contributed by atoms with Crippen LogP contribution in [0.4, 0.5) is 0 Å². The van der Waals surface area contributed by atoms with Crippen LogP contribution < -0.4 is 10.5 Å². The molecule has 0 spiro atoms. The van der Waals surface area contributed by atoms with Crippen molar-refractivity contribution in [3.8, 4) is 5.75 Å². The average Bonchev–Trinajstić information content (AvgIpc) is 3.00. The minimum absolute atomic E-state index is 0. The summed E-state index contributed by atoms with van der Waals surface area (Å²) >= 11 is 0. The molecule has 124 valence electrons. The zero-order valence-electron chi connectivity index (χ0n) is 13.1. The van der Waals surface area contributed by atoms with Crippen LogP contribution in [0, 0.1) is 0 Å². The Bertz CT molecular complexity index is 435. The maximum atomic E-state index is 6.03. The minimum atomic E-state index is 0. The van der Waals surface area contributed by atoms with Gasteiger partial charge in [-0.15, -0.1) is 12.4 Å². The third kappa shape index (κ3) is 5.13. The zero-order valence-corrected chi connectivity index (χ0v) is 13.9. The second kappa shape index (κ2) is 8.73. The molecule has 1 aromatic rings. The Labute approximate surface area is 139 Å². The van der Waals surface area contributed by atoms with Gasteiger partial charge in [0.05, 0.1) is 6.10 Å². The Morgan fingerprint density at radius 2 is 2.00 bits per heavy atom. The molecule has 1 aromatic carbocycles. The lowest BCUT2D eigenvalue weighted by molar-refractivity contribution is 0.0679.